The number of benzene rings is 2. The van der Waals surface area contributed by atoms with E-state index in [1.54, 1.807) is 35.2 Å². The number of carbonyl (C=O) groups is 2. The molecular formula is C24H21ClFN5O3. The Kier molecular flexibility index (Phi) is 7.15. The van der Waals surface area contributed by atoms with Crippen molar-refractivity contribution in [2.75, 3.05) is 36.9 Å². The van der Waals surface area contributed by atoms with Crippen LogP contribution in [0.2, 0.25) is 5.02 Å². The van der Waals surface area contributed by atoms with E-state index >= 15 is 0 Å². The van der Waals surface area contributed by atoms with Crippen LogP contribution in [0.4, 0.5) is 15.9 Å². The number of pyridine rings is 1. The van der Waals surface area contributed by atoms with Crippen molar-refractivity contribution in [1.82, 2.24) is 9.88 Å². The molecule has 0 bridgehead atoms. The van der Waals surface area contributed by atoms with E-state index in [1.807, 2.05) is 0 Å². The second-order valence-electron chi connectivity index (χ2n) is 7.46. The van der Waals surface area contributed by atoms with Crippen LogP contribution in [0.15, 0.2) is 60.8 Å². The van der Waals surface area contributed by atoms with Crippen molar-refractivity contribution in [1.29, 1.82) is 5.41 Å². The molecule has 1 fully saturated rings. The fourth-order valence-electron chi connectivity index (χ4n) is 3.43. The van der Waals surface area contributed by atoms with E-state index in [2.05, 4.69) is 15.6 Å². The summed E-state index contributed by atoms with van der Waals surface area (Å²) in [5, 5.41) is 14.0. The molecule has 1 saturated heterocycles. The van der Waals surface area contributed by atoms with Crippen molar-refractivity contribution in [3.63, 3.8) is 0 Å². The van der Waals surface area contributed by atoms with Crippen LogP contribution >= 0.6 is 11.6 Å². The number of para-hydroxylation sites is 1. The zero-order valence-electron chi connectivity index (χ0n) is 18.0. The summed E-state index contributed by atoms with van der Waals surface area (Å²) in [5.74, 6) is -1.51. The van der Waals surface area contributed by atoms with E-state index in [-0.39, 0.29) is 22.6 Å². The second kappa shape index (κ2) is 10.4. The Balaban J connectivity index is 1.49. The van der Waals surface area contributed by atoms with E-state index in [1.165, 1.54) is 24.4 Å². The summed E-state index contributed by atoms with van der Waals surface area (Å²) in [4.78, 5) is 31.3. The minimum atomic E-state index is -0.764. The molecule has 0 radical (unpaired) electrons. The average Bonchev–Trinajstić information content (AvgIpc) is 2.85. The van der Waals surface area contributed by atoms with E-state index in [4.69, 9.17) is 21.7 Å². The van der Waals surface area contributed by atoms with Gasteiger partial charge in [-0.3, -0.25) is 15.0 Å². The van der Waals surface area contributed by atoms with Gasteiger partial charge in [-0.1, -0.05) is 29.8 Å². The maximum absolute atomic E-state index is 14.8. The number of halogens is 2. The van der Waals surface area contributed by atoms with E-state index in [9.17, 15) is 14.0 Å². The van der Waals surface area contributed by atoms with Gasteiger partial charge in [0.25, 0.3) is 11.8 Å². The van der Waals surface area contributed by atoms with Gasteiger partial charge < -0.3 is 20.3 Å². The number of ether oxygens (including phenoxy) is 1. The third-order valence-corrected chi connectivity index (χ3v) is 5.43. The SMILES string of the molecule is N=C(c1ccc(C(=O)Nc2ccccc2C(=O)Nc2ccc(Cl)cn2)c(F)c1)N1CCOCC1. The molecule has 3 aromatic rings. The predicted molar refractivity (Wildman–Crippen MR) is 127 cm³/mol. The van der Waals surface area contributed by atoms with Crippen molar-refractivity contribution in [2.24, 2.45) is 0 Å². The third kappa shape index (κ3) is 5.38. The summed E-state index contributed by atoms with van der Waals surface area (Å²) in [6, 6.07) is 13.5. The molecule has 0 aliphatic carbocycles. The topological polar surface area (TPSA) is 107 Å². The molecule has 0 spiro atoms. The Morgan fingerprint density at radius 1 is 1.00 bits per heavy atom. The van der Waals surface area contributed by atoms with Crippen LogP contribution in [0.5, 0.6) is 0 Å². The van der Waals surface area contributed by atoms with Gasteiger partial charge in [0.15, 0.2) is 0 Å². The van der Waals surface area contributed by atoms with Gasteiger partial charge in [-0.25, -0.2) is 9.37 Å². The van der Waals surface area contributed by atoms with Gasteiger partial charge in [0.1, 0.15) is 17.5 Å². The van der Waals surface area contributed by atoms with Gasteiger partial charge in [-0.05, 0) is 36.4 Å². The van der Waals surface area contributed by atoms with Gasteiger partial charge in [-0.15, -0.1) is 0 Å². The number of rotatable bonds is 5. The zero-order chi connectivity index (χ0) is 24.1. The van der Waals surface area contributed by atoms with Crippen molar-refractivity contribution < 1.29 is 18.7 Å². The highest BCUT2D eigenvalue weighted by molar-refractivity contribution is 6.30. The first kappa shape index (κ1) is 23.3. The minimum absolute atomic E-state index is 0.173. The normalized spacial score (nSPS) is 13.3. The lowest BCUT2D eigenvalue weighted by atomic mass is 10.1. The Morgan fingerprint density at radius 2 is 1.74 bits per heavy atom. The zero-order valence-corrected chi connectivity index (χ0v) is 18.7. The lowest BCUT2D eigenvalue weighted by molar-refractivity contribution is 0.0680. The molecule has 1 aliphatic heterocycles. The molecular weight excluding hydrogens is 461 g/mol. The number of hydrogen-bond acceptors (Lipinski definition) is 5. The molecule has 2 aromatic carbocycles. The molecule has 0 unspecified atom stereocenters. The van der Waals surface area contributed by atoms with E-state index in [0.717, 1.165) is 6.07 Å². The quantitative estimate of drug-likeness (QED) is 0.376. The van der Waals surface area contributed by atoms with Crippen molar-refractivity contribution in [3.05, 3.63) is 88.3 Å². The largest absolute Gasteiger partial charge is 0.378 e. The van der Waals surface area contributed by atoms with Crippen LogP contribution in [-0.4, -0.2) is 53.8 Å². The molecule has 174 valence electrons. The van der Waals surface area contributed by atoms with Crippen molar-refractivity contribution in [2.45, 2.75) is 0 Å². The van der Waals surface area contributed by atoms with E-state index < -0.39 is 17.6 Å². The smallest absolute Gasteiger partial charge is 0.258 e. The van der Waals surface area contributed by atoms with Crippen molar-refractivity contribution >= 4 is 40.8 Å². The molecule has 2 amide bonds. The number of amidine groups is 1. The number of amides is 2. The lowest BCUT2D eigenvalue weighted by Gasteiger charge is -2.29. The highest BCUT2D eigenvalue weighted by Gasteiger charge is 2.20. The fourth-order valence-corrected chi connectivity index (χ4v) is 3.54. The molecule has 1 aromatic heterocycles. The molecule has 4 rings (SSSR count). The maximum atomic E-state index is 14.8. The molecule has 0 atom stereocenters. The Labute approximate surface area is 200 Å². The number of morpholine rings is 1. The molecule has 0 saturated carbocycles. The summed E-state index contributed by atoms with van der Waals surface area (Å²) in [5.41, 5.74) is 0.557. The van der Waals surface area contributed by atoms with Crippen molar-refractivity contribution in [3.8, 4) is 0 Å². The monoisotopic (exact) mass is 481 g/mol. The highest BCUT2D eigenvalue weighted by Crippen LogP contribution is 2.20. The number of aromatic nitrogens is 1. The van der Waals surface area contributed by atoms with Gasteiger partial charge >= 0.3 is 0 Å². The molecule has 8 nitrogen and oxygen atoms in total. The number of anilines is 2. The fraction of sp³-hybridized carbons (Fsp3) is 0.167. The lowest BCUT2D eigenvalue weighted by Crippen LogP contribution is -2.40. The first-order valence-corrected chi connectivity index (χ1v) is 10.8. The molecule has 10 heteroatoms. The first-order valence-electron chi connectivity index (χ1n) is 10.5. The summed E-state index contributed by atoms with van der Waals surface area (Å²) in [7, 11) is 0. The molecule has 1 aliphatic rings. The summed E-state index contributed by atoms with van der Waals surface area (Å²) in [6.07, 6.45) is 1.40. The van der Waals surface area contributed by atoms with Crippen LogP contribution in [0.25, 0.3) is 0 Å². The molecule has 34 heavy (non-hydrogen) atoms. The minimum Gasteiger partial charge on any atom is -0.378 e. The summed E-state index contributed by atoms with van der Waals surface area (Å²) >= 11 is 5.81. The molecule has 3 N–H and O–H groups in total. The standard InChI is InChI=1S/C24H21ClFN5O3/c25-16-6-8-21(28-14-16)30-24(33)18-3-1-2-4-20(18)29-23(32)17-7-5-15(13-19(17)26)22(27)31-9-11-34-12-10-31/h1-8,13-14,27H,9-12H2,(H,29,32)(H,28,30,33). The number of nitrogens with one attached hydrogen (secondary N) is 3. The summed E-state index contributed by atoms with van der Waals surface area (Å²) in [6.45, 7) is 2.11. The van der Waals surface area contributed by atoms with Gasteiger partial charge in [0, 0.05) is 24.8 Å². The Hall–Kier alpha value is -3.82. The van der Waals surface area contributed by atoms with Crippen LogP contribution in [-0.2, 0) is 4.74 Å². The molecule has 2 heterocycles. The predicted octanol–water partition coefficient (Wildman–Crippen LogP) is 4.04. The van der Waals surface area contributed by atoms with Crippen LogP contribution in [0.1, 0.15) is 26.3 Å². The average molecular weight is 482 g/mol. The second-order valence-corrected chi connectivity index (χ2v) is 7.89. The number of hydrogen-bond donors (Lipinski definition) is 3. The number of carbonyl (C=O) groups excluding carboxylic acids is 2. The van der Waals surface area contributed by atoms with Gasteiger partial charge in [0.2, 0.25) is 0 Å². The van der Waals surface area contributed by atoms with Crippen LogP contribution < -0.4 is 10.6 Å². The van der Waals surface area contributed by atoms with Gasteiger partial charge in [0.05, 0.1) is 35.1 Å². The van der Waals surface area contributed by atoms with Gasteiger partial charge in [-0.2, -0.15) is 0 Å². The third-order valence-electron chi connectivity index (χ3n) is 5.20. The highest BCUT2D eigenvalue weighted by atomic mass is 35.5. The van der Waals surface area contributed by atoms with Crippen LogP contribution in [0.3, 0.4) is 0 Å². The first-order chi connectivity index (χ1) is 16.4. The van der Waals surface area contributed by atoms with E-state index in [0.29, 0.717) is 42.7 Å². The van der Waals surface area contributed by atoms with Crippen LogP contribution in [0, 0.1) is 11.2 Å². The summed E-state index contributed by atoms with van der Waals surface area (Å²) < 4.78 is 20.1. The number of nitrogens with zero attached hydrogens (tertiary/aromatic N) is 2. The Bertz CT molecular complexity index is 1230. The Morgan fingerprint density at radius 3 is 2.44 bits per heavy atom. The maximum Gasteiger partial charge on any atom is 0.258 e.